The average molecular weight is 305 g/mol. The van der Waals surface area contributed by atoms with Crippen LogP contribution in [0, 0.1) is 0 Å². The summed E-state index contributed by atoms with van der Waals surface area (Å²) >= 11 is 0. The van der Waals surface area contributed by atoms with Gasteiger partial charge < -0.3 is 14.7 Å². The molecule has 120 valence electrons. The van der Waals surface area contributed by atoms with Crippen LogP contribution in [0.15, 0.2) is 24.3 Å². The van der Waals surface area contributed by atoms with Crippen LogP contribution in [0.2, 0.25) is 0 Å². The van der Waals surface area contributed by atoms with Crippen molar-refractivity contribution in [2.24, 2.45) is 0 Å². The van der Waals surface area contributed by atoms with Crippen LogP contribution < -0.4 is 4.74 Å². The quantitative estimate of drug-likeness (QED) is 0.849. The summed E-state index contributed by atoms with van der Waals surface area (Å²) in [5, 5.41) is 8.64. The molecule has 0 aliphatic heterocycles. The van der Waals surface area contributed by atoms with Crippen LogP contribution in [0.1, 0.15) is 48.9 Å². The van der Waals surface area contributed by atoms with Crippen molar-refractivity contribution in [3.63, 3.8) is 0 Å². The van der Waals surface area contributed by atoms with Gasteiger partial charge in [0.15, 0.2) is 6.61 Å². The number of ether oxygens (including phenoxy) is 1. The van der Waals surface area contributed by atoms with Crippen molar-refractivity contribution < 1.29 is 19.4 Å². The fraction of sp³-hybridized carbons (Fsp3) is 0.529. The van der Waals surface area contributed by atoms with Gasteiger partial charge in [-0.25, -0.2) is 4.79 Å². The summed E-state index contributed by atoms with van der Waals surface area (Å²) in [5.41, 5.74) is 0.537. The predicted octanol–water partition coefficient (Wildman–Crippen LogP) is 2.94. The van der Waals surface area contributed by atoms with Gasteiger partial charge in [0.2, 0.25) is 0 Å². The lowest BCUT2D eigenvalue weighted by atomic mass is 10.1. The van der Waals surface area contributed by atoms with Gasteiger partial charge in [-0.1, -0.05) is 31.7 Å². The Morgan fingerprint density at radius 1 is 1.23 bits per heavy atom. The van der Waals surface area contributed by atoms with E-state index in [2.05, 4.69) is 0 Å². The van der Waals surface area contributed by atoms with Crippen molar-refractivity contribution in [2.75, 3.05) is 13.7 Å². The molecule has 1 aliphatic carbocycles. The van der Waals surface area contributed by atoms with Crippen molar-refractivity contribution in [2.45, 2.75) is 44.6 Å². The van der Waals surface area contributed by atoms with Gasteiger partial charge in [-0.3, -0.25) is 4.79 Å². The largest absolute Gasteiger partial charge is 0.482 e. The summed E-state index contributed by atoms with van der Waals surface area (Å²) in [6.45, 7) is -0.407. The number of hydrogen-bond donors (Lipinski definition) is 1. The molecule has 0 bridgehead atoms. The van der Waals surface area contributed by atoms with E-state index >= 15 is 0 Å². The number of rotatable bonds is 5. The second-order valence-electron chi connectivity index (χ2n) is 5.77. The van der Waals surface area contributed by atoms with Gasteiger partial charge in [0.1, 0.15) is 5.75 Å². The highest BCUT2D eigenvalue weighted by Crippen LogP contribution is 2.23. The Bertz CT molecular complexity index is 521. The molecule has 0 radical (unpaired) electrons. The molecule has 5 heteroatoms. The molecule has 5 nitrogen and oxygen atoms in total. The van der Waals surface area contributed by atoms with Gasteiger partial charge in [0.05, 0.1) is 0 Å². The molecule has 0 atom stereocenters. The Hall–Kier alpha value is -2.04. The third kappa shape index (κ3) is 4.48. The van der Waals surface area contributed by atoms with Gasteiger partial charge in [0.25, 0.3) is 5.91 Å². The number of carboxylic acid groups (broad SMARTS) is 1. The first-order valence-electron chi connectivity index (χ1n) is 7.80. The smallest absolute Gasteiger partial charge is 0.341 e. The first-order chi connectivity index (χ1) is 10.6. The molecule has 0 unspecified atom stereocenters. The number of amides is 1. The molecule has 1 amide bonds. The van der Waals surface area contributed by atoms with Gasteiger partial charge in [-0.15, -0.1) is 0 Å². The summed E-state index contributed by atoms with van der Waals surface area (Å²) < 4.78 is 5.13. The lowest BCUT2D eigenvalue weighted by Gasteiger charge is -2.27. The maximum absolute atomic E-state index is 12.6. The third-order valence-electron chi connectivity index (χ3n) is 4.14. The van der Waals surface area contributed by atoms with E-state index in [1.165, 1.54) is 25.7 Å². The van der Waals surface area contributed by atoms with Gasteiger partial charge in [-0.2, -0.15) is 0 Å². The SMILES string of the molecule is CN(C(=O)c1cccc(OCC(=O)O)c1)C1CCCCCC1. The average Bonchev–Trinajstić information content (AvgIpc) is 2.81. The molecule has 1 fully saturated rings. The van der Waals surface area contributed by atoms with E-state index in [1.807, 2.05) is 11.9 Å². The van der Waals surface area contributed by atoms with E-state index in [1.54, 1.807) is 24.3 Å². The number of nitrogens with zero attached hydrogens (tertiary/aromatic N) is 1. The van der Waals surface area contributed by atoms with Crippen LogP contribution in [-0.2, 0) is 4.79 Å². The zero-order valence-electron chi connectivity index (χ0n) is 13.0. The molecular formula is C17H23NO4. The molecule has 0 saturated heterocycles. The Balaban J connectivity index is 2.04. The fourth-order valence-electron chi connectivity index (χ4n) is 2.88. The van der Waals surface area contributed by atoms with E-state index in [9.17, 15) is 9.59 Å². The first kappa shape index (κ1) is 16.3. The number of aliphatic carboxylic acids is 1. The molecule has 1 aromatic rings. The summed E-state index contributed by atoms with van der Waals surface area (Å²) in [5.74, 6) is -0.664. The number of carboxylic acids is 1. The van der Waals surface area contributed by atoms with Crippen molar-refractivity contribution in [1.82, 2.24) is 4.90 Å². The molecule has 0 heterocycles. The van der Waals surface area contributed by atoms with E-state index in [0.717, 1.165) is 12.8 Å². The lowest BCUT2D eigenvalue weighted by Crippen LogP contribution is -2.36. The third-order valence-corrected chi connectivity index (χ3v) is 4.14. The molecule has 22 heavy (non-hydrogen) atoms. The van der Waals surface area contributed by atoms with Crippen LogP contribution >= 0.6 is 0 Å². The second-order valence-corrected chi connectivity index (χ2v) is 5.77. The van der Waals surface area contributed by atoms with Crippen LogP contribution in [0.4, 0.5) is 0 Å². The molecule has 1 N–H and O–H groups in total. The number of benzene rings is 1. The van der Waals surface area contributed by atoms with E-state index in [0.29, 0.717) is 17.4 Å². The molecule has 0 spiro atoms. The van der Waals surface area contributed by atoms with Crippen molar-refractivity contribution >= 4 is 11.9 Å². The maximum Gasteiger partial charge on any atom is 0.341 e. The van der Waals surface area contributed by atoms with Gasteiger partial charge in [0, 0.05) is 18.7 Å². The van der Waals surface area contributed by atoms with Crippen molar-refractivity contribution in [3.05, 3.63) is 29.8 Å². The van der Waals surface area contributed by atoms with Crippen LogP contribution in [-0.4, -0.2) is 41.6 Å². The van der Waals surface area contributed by atoms with Crippen molar-refractivity contribution in [1.29, 1.82) is 0 Å². The normalized spacial score (nSPS) is 15.9. The predicted molar refractivity (Wildman–Crippen MR) is 83.2 cm³/mol. The summed E-state index contributed by atoms with van der Waals surface area (Å²) in [6.07, 6.45) is 6.94. The number of hydrogen-bond acceptors (Lipinski definition) is 3. The standard InChI is InChI=1S/C17H23NO4/c1-18(14-8-4-2-3-5-9-14)17(21)13-7-6-10-15(11-13)22-12-16(19)20/h6-7,10-11,14H,2-5,8-9,12H2,1H3,(H,19,20). The second kappa shape index (κ2) is 7.82. The minimum absolute atomic E-state index is 0.0346. The highest BCUT2D eigenvalue weighted by atomic mass is 16.5. The van der Waals surface area contributed by atoms with Crippen molar-refractivity contribution in [3.8, 4) is 5.75 Å². The minimum Gasteiger partial charge on any atom is -0.482 e. The molecule has 1 aromatic carbocycles. The maximum atomic E-state index is 12.6. The van der Waals surface area contributed by atoms with E-state index in [-0.39, 0.29) is 5.91 Å². The minimum atomic E-state index is -1.03. The molecule has 1 saturated carbocycles. The highest BCUT2D eigenvalue weighted by Gasteiger charge is 2.22. The van der Waals surface area contributed by atoms with Gasteiger partial charge >= 0.3 is 5.97 Å². The first-order valence-corrected chi connectivity index (χ1v) is 7.80. The highest BCUT2D eigenvalue weighted by molar-refractivity contribution is 5.94. The Kier molecular flexibility index (Phi) is 5.81. The molecule has 2 rings (SSSR count). The summed E-state index contributed by atoms with van der Waals surface area (Å²) in [4.78, 5) is 25.0. The van der Waals surface area contributed by atoms with Crippen LogP contribution in [0.3, 0.4) is 0 Å². The zero-order chi connectivity index (χ0) is 15.9. The Morgan fingerprint density at radius 3 is 2.55 bits per heavy atom. The van der Waals surface area contributed by atoms with Gasteiger partial charge in [-0.05, 0) is 31.0 Å². The summed E-state index contributed by atoms with van der Waals surface area (Å²) in [7, 11) is 1.85. The topological polar surface area (TPSA) is 66.8 Å². The fourth-order valence-corrected chi connectivity index (χ4v) is 2.88. The van der Waals surface area contributed by atoms with Crippen LogP contribution in [0.25, 0.3) is 0 Å². The molecular weight excluding hydrogens is 282 g/mol. The molecule has 1 aliphatic rings. The Labute approximate surface area is 130 Å². The monoisotopic (exact) mass is 305 g/mol. The lowest BCUT2D eigenvalue weighted by molar-refractivity contribution is -0.139. The molecule has 0 aromatic heterocycles. The van der Waals surface area contributed by atoms with E-state index in [4.69, 9.17) is 9.84 Å². The zero-order valence-corrected chi connectivity index (χ0v) is 13.0. The Morgan fingerprint density at radius 2 is 1.91 bits per heavy atom. The van der Waals surface area contributed by atoms with Crippen LogP contribution in [0.5, 0.6) is 5.75 Å². The van der Waals surface area contributed by atoms with E-state index < -0.39 is 12.6 Å². The number of carbonyl (C=O) groups is 2. The number of carbonyl (C=O) groups excluding carboxylic acids is 1. The summed E-state index contributed by atoms with van der Waals surface area (Å²) in [6, 6.07) is 7.01.